The summed E-state index contributed by atoms with van der Waals surface area (Å²) in [5.74, 6) is 1.64. The van der Waals surface area contributed by atoms with Crippen molar-refractivity contribution in [1.82, 2.24) is 14.8 Å². The number of fused-ring (bicyclic) bond motifs is 1. The van der Waals surface area contributed by atoms with Crippen LogP contribution < -0.4 is 4.90 Å². The maximum atomic E-state index is 13.2. The molecule has 4 rings (SSSR count). The van der Waals surface area contributed by atoms with Crippen molar-refractivity contribution < 1.29 is 9.21 Å². The average Bonchev–Trinajstić information content (AvgIpc) is 3.31. The van der Waals surface area contributed by atoms with E-state index in [4.69, 9.17) is 4.42 Å². The van der Waals surface area contributed by atoms with Crippen LogP contribution >= 0.6 is 11.8 Å². The first-order valence-electron chi connectivity index (χ1n) is 8.99. The third-order valence-electron chi connectivity index (χ3n) is 5.01. The molecule has 27 heavy (non-hydrogen) atoms. The van der Waals surface area contributed by atoms with Gasteiger partial charge in [0.2, 0.25) is 5.91 Å². The van der Waals surface area contributed by atoms with E-state index in [9.17, 15) is 4.79 Å². The summed E-state index contributed by atoms with van der Waals surface area (Å²) in [7, 11) is 1.91. The molecule has 1 aromatic carbocycles. The van der Waals surface area contributed by atoms with Crippen molar-refractivity contribution in [3.63, 3.8) is 0 Å². The number of para-hydroxylation sites is 1. The average molecular weight is 382 g/mol. The second-order valence-electron chi connectivity index (χ2n) is 6.91. The fourth-order valence-corrected chi connectivity index (χ4v) is 4.44. The van der Waals surface area contributed by atoms with Gasteiger partial charge in [-0.05, 0) is 44.9 Å². The Hall–Kier alpha value is -2.54. The van der Waals surface area contributed by atoms with Crippen molar-refractivity contribution in [2.45, 2.75) is 43.6 Å². The molecule has 1 aliphatic rings. The smallest absolute Gasteiger partial charge is 0.240 e. The van der Waals surface area contributed by atoms with Crippen molar-refractivity contribution in [2.24, 2.45) is 7.05 Å². The number of anilines is 1. The summed E-state index contributed by atoms with van der Waals surface area (Å²) in [6, 6.07) is 10.2. The topological polar surface area (TPSA) is 64.2 Å². The summed E-state index contributed by atoms with van der Waals surface area (Å²) in [6.07, 6.45) is 2.54. The molecule has 0 spiro atoms. The molecule has 0 saturated heterocycles. The number of hydrogen-bond acceptors (Lipinski definition) is 5. The van der Waals surface area contributed by atoms with Gasteiger partial charge in [0.15, 0.2) is 11.0 Å². The van der Waals surface area contributed by atoms with E-state index in [1.807, 2.05) is 54.6 Å². The number of thioether (sulfide) groups is 1. The number of aryl methyl sites for hydroxylation is 1. The minimum Gasteiger partial charge on any atom is -0.469 e. The minimum absolute atomic E-state index is 0.0986. The molecule has 0 saturated carbocycles. The van der Waals surface area contributed by atoms with Gasteiger partial charge in [-0.2, -0.15) is 0 Å². The molecule has 0 aliphatic carbocycles. The summed E-state index contributed by atoms with van der Waals surface area (Å²) < 4.78 is 7.28. The second-order valence-corrected chi connectivity index (χ2v) is 8.21. The number of aromatic nitrogens is 3. The molecule has 140 valence electrons. The Kier molecular flexibility index (Phi) is 4.55. The number of carbonyl (C=O) groups excluding carboxylic acids is 1. The molecular weight excluding hydrogens is 360 g/mol. The molecule has 7 heteroatoms. The molecule has 3 heterocycles. The summed E-state index contributed by atoms with van der Waals surface area (Å²) in [5.41, 5.74) is 3.17. The Morgan fingerprint density at radius 2 is 2.07 bits per heavy atom. The van der Waals surface area contributed by atoms with E-state index >= 15 is 0 Å². The van der Waals surface area contributed by atoms with Crippen molar-refractivity contribution in [3.05, 3.63) is 47.9 Å². The highest BCUT2D eigenvalue weighted by molar-refractivity contribution is 8.00. The van der Waals surface area contributed by atoms with Gasteiger partial charge in [-0.25, -0.2) is 0 Å². The monoisotopic (exact) mass is 382 g/mol. The lowest BCUT2D eigenvalue weighted by molar-refractivity contribution is -0.118. The lowest BCUT2D eigenvalue weighted by atomic mass is 10.1. The van der Waals surface area contributed by atoms with E-state index in [-0.39, 0.29) is 17.2 Å². The number of benzene rings is 1. The van der Waals surface area contributed by atoms with Crippen molar-refractivity contribution in [2.75, 3.05) is 4.90 Å². The minimum atomic E-state index is -0.264. The number of nitrogens with zero attached hydrogens (tertiary/aromatic N) is 4. The predicted octanol–water partition coefficient (Wildman–Crippen LogP) is 3.84. The summed E-state index contributed by atoms with van der Waals surface area (Å²) in [4.78, 5) is 15.1. The highest BCUT2D eigenvalue weighted by Crippen LogP contribution is 2.35. The van der Waals surface area contributed by atoms with Crippen LogP contribution in [0.3, 0.4) is 0 Å². The van der Waals surface area contributed by atoms with E-state index in [0.29, 0.717) is 5.16 Å². The molecule has 1 amide bonds. The van der Waals surface area contributed by atoms with Crippen LogP contribution in [-0.2, 0) is 18.3 Å². The SMILES string of the molecule is Cc1occc1-c1nnc(S[C@@H](C)C(=O)N2c3ccccc3C[C@@H]2C)n1C. The van der Waals surface area contributed by atoms with Crippen LogP contribution in [0.5, 0.6) is 0 Å². The molecule has 0 fully saturated rings. The predicted molar refractivity (Wildman–Crippen MR) is 106 cm³/mol. The van der Waals surface area contributed by atoms with Gasteiger partial charge in [-0.1, -0.05) is 30.0 Å². The first-order chi connectivity index (χ1) is 13.0. The fraction of sp³-hybridized carbons (Fsp3) is 0.350. The zero-order valence-electron chi connectivity index (χ0n) is 15.8. The van der Waals surface area contributed by atoms with E-state index < -0.39 is 0 Å². The Morgan fingerprint density at radius 1 is 1.30 bits per heavy atom. The van der Waals surface area contributed by atoms with Crippen molar-refractivity contribution >= 4 is 23.4 Å². The molecule has 0 unspecified atom stereocenters. The van der Waals surface area contributed by atoms with E-state index in [1.165, 1.54) is 17.3 Å². The summed E-state index contributed by atoms with van der Waals surface area (Å²) in [6.45, 7) is 5.92. The van der Waals surface area contributed by atoms with Gasteiger partial charge in [0.05, 0.1) is 17.1 Å². The number of furan rings is 1. The van der Waals surface area contributed by atoms with Crippen LogP contribution in [0.2, 0.25) is 0 Å². The lowest BCUT2D eigenvalue weighted by Gasteiger charge is -2.25. The number of amides is 1. The van der Waals surface area contributed by atoms with Gasteiger partial charge in [0, 0.05) is 18.8 Å². The fourth-order valence-electron chi connectivity index (χ4n) is 3.57. The van der Waals surface area contributed by atoms with Crippen LogP contribution in [0.4, 0.5) is 5.69 Å². The Morgan fingerprint density at radius 3 is 2.81 bits per heavy atom. The van der Waals surface area contributed by atoms with Gasteiger partial charge < -0.3 is 13.9 Å². The number of carbonyl (C=O) groups is 1. The van der Waals surface area contributed by atoms with Gasteiger partial charge >= 0.3 is 0 Å². The first-order valence-corrected chi connectivity index (χ1v) is 9.87. The molecule has 3 aromatic rings. The van der Waals surface area contributed by atoms with Crippen LogP contribution in [0.25, 0.3) is 11.4 Å². The van der Waals surface area contributed by atoms with Gasteiger partial charge in [-0.15, -0.1) is 10.2 Å². The molecule has 6 nitrogen and oxygen atoms in total. The second kappa shape index (κ2) is 6.88. The highest BCUT2D eigenvalue weighted by atomic mass is 32.2. The van der Waals surface area contributed by atoms with E-state index in [0.717, 1.165) is 29.3 Å². The van der Waals surface area contributed by atoms with Gasteiger partial charge in [0.1, 0.15) is 5.76 Å². The molecule has 0 N–H and O–H groups in total. The summed E-state index contributed by atoms with van der Waals surface area (Å²) in [5, 5.41) is 9.03. The Balaban J connectivity index is 1.55. The zero-order chi connectivity index (χ0) is 19.1. The van der Waals surface area contributed by atoms with Crippen LogP contribution in [0, 0.1) is 6.92 Å². The van der Waals surface area contributed by atoms with Gasteiger partial charge in [-0.3, -0.25) is 4.79 Å². The zero-order valence-corrected chi connectivity index (χ0v) is 16.7. The third kappa shape index (κ3) is 3.06. The Labute approximate surface area is 162 Å². The van der Waals surface area contributed by atoms with E-state index in [2.05, 4.69) is 23.2 Å². The number of hydrogen-bond donors (Lipinski definition) is 0. The normalized spacial score (nSPS) is 17.2. The molecule has 2 aromatic heterocycles. The van der Waals surface area contributed by atoms with Crippen molar-refractivity contribution in [3.8, 4) is 11.4 Å². The molecule has 2 atom stereocenters. The highest BCUT2D eigenvalue weighted by Gasteiger charge is 2.34. The maximum Gasteiger partial charge on any atom is 0.240 e. The van der Waals surface area contributed by atoms with Crippen LogP contribution in [-0.4, -0.2) is 32.0 Å². The standard InChI is InChI=1S/C20H22N4O2S/c1-12-11-15-7-5-6-8-17(15)24(12)19(25)14(3)27-20-22-21-18(23(20)4)16-9-10-26-13(16)2/h5-10,12,14H,11H2,1-4H3/t12-,14-/m0/s1. The first kappa shape index (κ1) is 17.9. The molecule has 1 aliphatic heterocycles. The molecule has 0 radical (unpaired) electrons. The number of rotatable bonds is 4. The Bertz CT molecular complexity index is 994. The third-order valence-corrected chi connectivity index (χ3v) is 6.13. The molecule has 0 bridgehead atoms. The van der Waals surface area contributed by atoms with Crippen LogP contribution in [0.15, 0.2) is 46.2 Å². The largest absolute Gasteiger partial charge is 0.469 e. The molecular formula is C20H22N4O2S. The van der Waals surface area contributed by atoms with Crippen LogP contribution in [0.1, 0.15) is 25.2 Å². The lowest BCUT2D eigenvalue weighted by Crippen LogP contribution is -2.40. The van der Waals surface area contributed by atoms with E-state index in [1.54, 1.807) is 6.26 Å². The van der Waals surface area contributed by atoms with Gasteiger partial charge in [0.25, 0.3) is 0 Å². The van der Waals surface area contributed by atoms with Crippen molar-refractivity contribution in [1.29, 1.82) is 0 Å². The summed E-state index contributed by atoms with van der Waals surface area (Å²) >= 11 is 1.43. The quantitative estimate of drug-likeness (QED) is 0.642. The maximum absolute atomic E-state index is 13.2.